The molecule has 3 heterocycles. The van der Waals surface area contributed by atoms with Crippen molar-refractivity contribution in [2.24, 2.45) is 0 Å². The summed E-state index contributed by atoms with van der Waals surface area (Å²) in [4.78, 5) is 30.2. The Hall–Kier alpha value is -3.32. The SMILES string of the molecule is CN(C)CCNC(=O)c1cccc2c1Oc1ccccc1C2=C1CC2CCC(C1)N2C(=O)OC(C)(C)C. The minimum absolute atomic E-state index is 0.118. The first-order chi connectivity index (χ1) is 17.6. The van der Waals surface area contributed by atoms with E-state index in [9.17, 15) is 9.59 Å². The number of likely N-dealkylation sites (N-methyl/N-ethyl adjacent to an activating group) is 1. The molecule has 0 aromatic heterocycles. The molecule has 2 atom stereocenters. The number of hydrogen-bond donors (Lipinski definition) is 1. The van der Waals surface area contributed by atoms with E-state index < -0.39 is 5.60 Å². The molecule has 7 nitrogen and oxygen atoms in total. The highest BCUT2D eigenvalue weighted by Gasteiger charge is 2.44. The Kier molecular flexibility index (Phi) is 6.75. The highest BCUT2D eigenvalue weighted by Crippen LogP contribution is 2.50. The second kappa shape index (κ2) is 9.86. The molecule has 0 saturated carbocycles. The number of carbonyl (C=O) groups is 2. The fourth-order valence-electron chi connectivity index (χ4n) is 5.74. The van der Waals surface area contributed by atoms with Crippen molar-refractivity contribution in [1.82, 2.24) is 15.1 Å². The molecule has 0 aliphatic carbocycles. The Balaban J connectivity index is 1.51. The maximum atomic E-state index is 13.2. The molecule has 3 aliphatic rings. The molecular formula is C30H37N3O4. The molecule has 2 saturated heterocycles. The standard InChI is InChI=1S/C30H37N3O4/c1-30(2,3)37-29(35)33-20-13-14-21(33)18-19(17-20)26-22-9-6-7-12-25(22)36-27-23(26)10-8-11-24(27)28(34)31-15-16-32(4)5/h6-12,20-21H,13-18H2,1-5H3,(H,31,34). The average molecular weight is 504 g/mol. The van der Waals surface area contributed by atoms with Crippen molar-refractivity contribution < 1.29 is 19.1 Å². The van der Waals surface area contributed by atoms with Gasteiger partial charge >= 0.3 is 6.09 Å². The molecule has 2 bridgehead atoms. The van der Waals surface area contributed by atoms with Gasteiger partial charge in [0, 0.05) is 36.3 Å². The maximum absolute atomic E-state index is 13.2. The van der Waals surface area contributed by atoms with Gasteiger partial charge in [0.1, 0.15) is 17.1 Å². The summed E-state index contributed by atoms with van der Waals surface area (Å²) in [7, 11) is 3.96. The minimum Gasteiger partial charge on any atom is -0.455 e. The number of rotatable bonds is 4. The van der Waals surface area contributed by atoms with Crippen LogP contribution in [0.15, 0.2) is 48.0 Å². The van der Waals surface area contributed by atoms with E-state index >= 15 is 0 Å². The molecule has 2 aromatic rings. The summed E-state index contributed by atoms with van der Waals surface area (Å²) in [6, 6.07) is 14.1. The normalized spacial score (nSPS) is 20.3. The Labute approximate surface area is 219 Å². The third-order valence-electron chi connectivity index (χ3n) is 7.28. The molecular weight excluding hydrogens is 466 g/mol. The van der Waals surface area contributed by atoms with Crippen molar-refractivity contribution in [2.45, 2.75) is 64.1 Å². The monoisotopic (exact) mass is 503 g/mol. The Bertz CT molecular complexity index is 1230. The zero-order valence-corrected chi connectivity index (χ0v) is 22.5. The molecule has 37 heavy (non-hydrogen) atoms. The molecule has 3 aliphatic heterocycles. The van der Waals surface area contributed by atoms with Crippen LogP contribution in [0.5, 0.6) is 11.5 Å². The van der Waals surface area contributed by atoms with Crippen LogP contribution in [0, 0.1) is 0 Å². The van der Waals surface area contributed by atoms with Crippen LogP contribution < -0.4 is 10.1 Å². The molecule has 2 aromatic carbocycles. The Morgan fingerprint density at radius 2 is 1.70 bits per heavy atom. The zero-order valence-electron chi connectivity index (χ0n) is 22.5. The van der Waals surface area contributed by atoms with Crippen LogP contribution in [0.3, 0.4) is 0 Å². The second-order valence-electron chi connectivity index (χ2n) is 11.5. The van der Waals surface area contributed by atoms with Crippen LogP contribution in [0.1, 0.15) is 67.9 Å². The summed E-state index contributed by atoms with van der Waals surface area (Å²) in [6.07, 6.45) is 3.31. The van der Waals surface area contributed by atoms with Crippen LogP contribution in [0.4, 0.5) is 4.79 Å². The lowest BCUT2D eigenvalue weighted by Gasteiger charge is -2.38. The quantitative estimate of drug-likeness (QED) is 0.513. The smallest absolute Gasteiger partial charge is 0.410 e. The molecule has 2 unspecified atom stereocenters. The predicted octanol–water partition coefficient (Wildman–Crippen LogP) is 5.45. The summed E-state index contributed by atoms with van der Waals surface area (Å²) in [6.45, 7) is 7.05. The van der Waals surface area contributed by atoms with Gasteiger partial charge in [-0.2, -0.15) is 0 Å². The molecule has 2 amide bonds. The highest BCUT2D eigenvalue weighted by molar-refractivity contribution is 6.01. The van der Waals surface area contributed by atoms with Crippen molar-refractivity contribution in [1.29, 1.82) is 0 Å². The van der Waals surface area contributed by atoms with E-state index in [1.54, 1.807) is 0 Å². The van der Waals surface area contributed by atoms with Gasteiger partial charge in [-0.25, -0.2) is 4.79 Å². The third-order valence-corrected chi connectivity index (χ3v) is 7.28. The second-order valence-corrected chi connectivity index (χ2v) is 11.5. The van der Waals surface area contributed by atoms with Crippen molar-refractivity contribution in [3.05, 3.63) is 64.7 Å². The molecule has 0 radical (unpaired) electrons. The third kappa shape index (κ3) is 5.10. The first-order valence-corrected chi connectivity index (χ1v) is 13.2. The van der Waals surface area contributed by atoms with Crippen LogP contribution >= 0.6 is 0 Å². The number of nitrogens with one attached hydrogen (secondary N) is 1. The number of nitrogens with zero attached hydrogens (tertiary/aromatic N) is 2. The van der Waals surface area contributed by atoms with Gasteiger partial charge in [0.05, 0.1) is 5.56 Å². The van der Waals surface area contributed by atoms with Crippen molar-refractivity contribution >= 4 is 17.6 Å². The van der Waals surface area contributed by atoms with Crippen molar-refractivity contribution in [3.8, 4) is 11.5 Å². The van der Waals surface area contributed by atoms with Crippen LogP contribution in [-0.4, -0.2) is 66.7 Å². The van der Waals surface area contributed by atoms with E-state index in [2.05, 4.69) is 11.4 Å². The van der Waals surface area contributed by atoms with Gasteiger partial charge in [0.2, 0.25) is 0 Å². The fourth-order valence-corrected chi connectivity index (χ4v) is 5.74. The van der Waals surface area contributed by atoms with Gasteiger partial charge in [-0.15, -0.1) is 0 Å². The van der Waals surface area contributed by atoms with Crippen molar-refractivity contribution in [3.63, 3.8) is 0 Å². The van der Waals surface area contributed by atoms with E-state index in [0.29, 0.717) is 17.9 Å². The number of amides is 2. The highest BCUT2D eigenvalue weighted by atomic mass is 16.6. The van der Waals surface area contributed by atoms with Crippen LogP contribution in [-0.2, 0) is 4.74 Å². The lowest BCUT2D eigenvalue weighted by atomic mass is 9.83. The van der Waals surface area contributed by atoms with Gasteiger partial charge in [-0.3, -0.25) is 4.79 Å². The molecule has 1 N–H and O–H groups in total. The van der Waals surface area contributed by atoms with Crippen LogP contribution in [0.25, 0.3) is 5.57 Å². The lowest BCUT2D eigenvalue weighted by Crippen LogP contribution is -2.47. The Morgan fingerprint density at radius 3 is 2.38 bits per heavy atom. The maximum Gasteiger partial charge on any atom is 0.410 e. The minimum atomic E-state index is -0.516. The molecule has 196 valence electrons. The van der Waals surface area contributed by atoms with E-state index in [4.69, 9.17) is 9.47 Å². The zero-order chi connectivity index (χ0) is 26.3. The summed E-state index contributed by atoms with van der Waals surface area (Å²) >= 11 is 0. The molecule has 7 heteroatoms. The van der Waals surface area contributed by atoms with Gasteiger partial charge < -0.3 is 24.6 Å². The molecule has 0 spiro atoms. The number of hydrogen-bond acceptors (Lipinski definition) is 5. The molecule has 5 rings (SSSR count). The number of benzene rings is 2. The summed E-state index contributed by atoms with van der Waals surface area (Å²) in [5, 5.41) is 3.02. The van der Waals surface area contributed by atoms with Gasteiger partial charge in [-0.05, 0) is 78.3 Å². The van der Waals surface area contributed by atoms with Gasteiger partial charge in [0.25, 0.3) is 5.91 Å². The Morgan fingerprint density at radius 1 is 1.03 bits per heavy atom. The molecule has 2 fully saturated rings. The number of para-hydroxylation sites is 2. The first kappa shape index (κ1) is 25.3. The van der Waals surface area contributed by atoms with Gasteiger partial charge in [0.15, 0.2) is 0 Å². The number of carbonyl (C=O) groups excluding carboxylic acids is 2. The first-order valence-electron chi connectivity index (χ1n) is 13.2. The van der Waals surface area contributed by atoms with Crippen molar-refractivity contribution in [2.75, 3.05) is 27.2 Å². The number of fused-ring (bicyclic) bond motifs is 4. The fraction of sp³-hybridized carbons (Fsp3) is 0.467. The number of ether oxygens (including phenoxy) is 2. The summed E-state index contributed by atoms with van der Waals surface area (Å²) in [5.41, 5.74) is 4.46. The summed E-state index contributed by atoms with van der Waals surface area (Å²) in [5.74, 6) is 1.23. The average Bonchev–Trinajstić information content (AvgIpc) is 3.10. The topological polar surface area (TPSA) is 71.1 Å². The predicted molar refractivity (Wildman–Crippen MR) is 144 cm³/mol. The largest absolute Gasteiger partial charge is 0.455 e. The van der Waals surface area contributed by atoms with E-state index in [1.807, 2.05) is 81.1 Å². The van der Waals surface area contributed by atoms with Crippen LogP contribution in [0.2, 0.25) is 0 Å². The number of piperidine rings is 1. The van der Waals surface area contributed by atoms with E-state index in [0.717, 1.165) is 54.7 Å². The van der Waals surface area contributed by atoms with E-state index in [1.165, 1.54) is 5.57 Å². The lowest BCUT2D eigenvalue weighted by molar-refractivity contribution is 0.0115. The summed E-state index contributed by atoms with van der Waals surface area (Å²) < 4.78 is 12.1. The van der Waals surface area contributed by atoms with Gasteiger partial charge in [-0.1, -0.05) is 35.9 Å². The van der Waals surface area contributed by atoms with E-state index in [-0.39, 0.29) is 24.1 Å².